The second-order valence-corrected chi connectivity index (χ2v) is 6.87. The summed E-state index contributed by atoms with van der Waals surface area (Å²) in [5, 5.41) is 8.01. The predicted molar refractivity (Wildman–Crippen MR) is 121 cm³/mol. The van der Waals surface area contributed by atoms with Crippen molar-refractivity contribution in [2.24, 2.45) is 5.10 Å². The summed E-state index contributed by atoms with van der Waals surface area (Å²) in [4.78, 5) is 24.3. The molecule has 0 atom stereocenters. The van der Waals surface area contributed by atoms with Crippen LogP contribution in [0.2, 0.25) is 0 Å². The smallest absolute Gasteiger partial charge is 0.435 e. The van der Waals surface area contributed by atoms with E-state index >= 15 is 0 Å². The second kappa shape index (κ2) is 12.2. The van der Waals surface area contributed by atoms with Gasteiger partial charge in [0.15, 0.2) is 11.5 Å². The monoisotopic (exact) mass is 443 g/mol. The van der Waals surface area contributed by atoms with Crippen LogP contribution in [0, 0.1) is 0 Å². The molecular formula is C23H29N3O6. The molecule has 0 saturated heterocycles. The number of hydrogen-bond acceptors (Lipinski definition) is 7. The summed E-state index contributed by atoms with van der Waals surface area (Å²) < 4.78 is 20.8. The van der Waals surface area contributed by atoms with Gasteiger partial charge in [-0.25, -0.2) is 9.80 Å². The topological polar surface area (TPSA) is 98.7 Å². The van der Waals surface area contributed by atoms with Gasteiger partial charge in [-0.05, 0) is 55.3 Å². The van der Waals surface area contributed by atoms with Crippen LogP contribution in [0.5, 0.6) is 23.0 Å². The maximum absolute atomic E-state index is 12.2. The van der Waals surface area contributed by atoms with Crippen molar-refractivity contribution in [1.82, 2.24) is 10.3 Å². The third-order valence-electron chi connectivity index (χ3n) is 4.45. The van der Waals surface area contributed by atoms with E-state index in [0.29, 0.717) is 41.7 Å². The Morgan fingerprint density at radius 2 is 1.59 bits per heavy atom. The Kier molecular flexibility index (Phi) is 9.34. The molecule has 0 heterocycles. The molecular weight excluding hydrogens is 414 g/mol. The molecule has 172 valence electrons. The molecule has 0 bridgehead atoms. The molecule has 0 aliphatic rings. The third kappa shape index (κ3) is 7.50. The zero-order valence-electron chi connectivity index (χ0n) is 19.0. The Hall–Kier alpha value is -3.75. The number of rotatable bonds is 10. The number of amides is 2. The fraction of sp³-hybridized carbons (Fsp3) is 0.348. The highest BCUT2D eigenvalue weighted by Crippen LogP contribution is 2.27. The summed E-state index contributed by atoms with van der Waals surface area (Å²) in [6.45, 7) is 2.13. The summed E-state index contributed by atoms with van der Waals surface area (Å²) in [6, 6.07) is 12.2. The fourth-order valence-electron chi connectivity index (χ4n) is 2.82. The minimum Gasteiger partial charge on any atom is -0.497 e. The van der Waals surface area contributed by atoms with E-state index < -0.39 is 6.09 Å². The summed E-state index contributed by atoms with van der Waals surface area (Å²) in [7, 11) is 6.18. The first-order valence-electron chi connectivity index (χ1n) is 9.97. The molecule has 0 aliphatic carbocycles. The van der Waals surface area contributed by atoms with E-state index in [2.05, 4.69) is 10.4 Å². The molecule has 2 amide bonds. The number of nitrogens with one attached hydrogen (secondary N) is 1. The molecule has 32 heavy (non-hydrogen) atoms. The maximum atomic E-state index is 12.2. The van der Waals surface area contributed by atoms with Crippen molar-refractivity contribution in [3.05, 3.63) is 48.0 Å². The summed E-state index contributed by atoms with van der Waals surface area (Å²) in [5.41, 5.74) is 1.48. The van der Waals surface area contributed by atoms with Crippen LogP contribution < -0.4 is 24.3 Å². The zero-order valence-corrected chi connectivity index (χ0v) is 19.0. The number of methoxy groups -OCH3 is 3. The van der Waals surface area contributed by atoms with Gasteiger partial charge in [0.05, 0.1) is 27.8 Å². The first-order valence-corrected chi connectivity index (χ1v) is 9.97. The summed E-state index contributed by atoms with van der Waals surface area (Å²) in [6.07, 6.45) is 0.0334. The lowest BCUT2D eigenvalue weighted by Gasteiger charge is -2.13. The minimum atomic E-state index is -0.664. The van der Waals surface area contributed by atoms with Gasteiger partial charge in [-0.1, -0.05) is 6.07 Å². The van der Waals surface area contributed by atoms with Gasteiger partial charge in [0.2, 0.25) is 5.91 Å². The predicted octanol–water partition coefficient (Wildman–Crippen LogP) is 3.27. The van der Waals surface area contributed by atoms with Gasteiger partial charge < -0.3 is 24.3 Å². The number of nitrogens with zero attached hydrogens (tertiary/aromatic N) is 2. The standard InChI is InChI=1S/C23H29N3O6/c1-16(25-26(2)23(28)32-19-9-7-18(29-3)8-10-19)14-22(27)24-13-12-17-6-11-20(30-4)21(15-17)31-5/h6-11,15H,12-14H2,1-5H3,(H,24,27). The van der Waals surface area contributed by atoms with Crippen molar-refractivity contribution in [3.63, 3.8) is 0 Å². The summed E-state index contributed by atoms with van der Waals surface area (Å²) in [5.74, 6) is 2.13. The van der Waals surface area contributed by atoms with Gasteiger partial charge >= 0.3 is 6.09 Å². The van der Waals surface area contributed by atoms with Crippen LogP contribution in [0.4, 0.5) is 4.79 Å². The minimum absolute atomic E-state index is 0.0616. The molecule has 9 nitrogen and oxygen atoms in total. The molecule has 2 rings (SSSR count). The average Bonchev–Trinajstić information content (AvgIpc) is 2.79. The lowest BCUT2D eigenvalue weighted by Crippen LogP contribution is -2.29. The lowest BCUT2D eigenvalue weighted by atomic mass is 10.1. The van der Waals surface area contributed by atoms with E-state index in [9.17, 15) is 9.59 Å². The van der Waals surface area contributed by atoms with Gasteiger partial charge in [-0.15, -0.1) is 0 Å². The van der Waals surface area contributed by atoms with Crippen LogP contribution in [0.1, 0.15) is 18.9 Å². The number of ether oxygens (including phenoxy) is 4. The Balaban J connectivity index is 1.79. The van der Waals surface area contributed by atoms with E-state index in [1.165, 1.54) is 7.05 Å². The molecule has 0 fully saturated rings. The molecule has 2 aromatic rings. The lowest BCUT2D eigenvalue weighted by molar-refractivity contribution is -0.119. The van der Waals surface area contributed by atoms with Gasteiger partial charge in [-0.3, -0.25) is 4.79 Å². The fourth-order valence-corrected chi connectivity index (χ4v) is 2.82. The van der Waals surface area contributed by atoms with Crippen molar-refractivity contribution in [1.29, 1.82) is 0 Å². The van der Waals surface area contributed by atoms with Crippen molar-refractivity contribution in [2.45, 2.75) is 19.8 Å². The van der Waals surface area contributed by atoms with E-state index in [1.54, 1.807) is 52.5 Å². The molecule has 1 N–H and O–H groups in total. The highest BCUT2D eigenvalue weighted by molar-refractivity contribution is 6.00. The molecule has 0 aliphatic heterocycles. The quantitative estimate of drug-likeness (QED) is 0.447. The van der Waals surface area contributed by atoms with Crippen molar-refractivity contribution in [2.75, 3.05) is 34.9 Å². The maximum Gasteiger partial charge on any atom is 0.435 e. The molecule has 0 spiro atoms. The zero-order chi connectivity index (χ0) is 23.5. The van der Waals surface area contributed by atoms with Crippen LogP contribution in [0.25, 0.3) is 0 Å². The van der Waals surface area contributed by atoms with Gasteiger partial charge in [0.1, 0.15) is 11.5 Å². The van der Waals surface area contributed by atoms with E-state index in [1.807, 2.05) is 18.2 Å². The number of hydrazone groups is 1. The van der Waals surface area contributed by atoms with Crippen molar-refractivity contribution in [3.8, 4) is 23.0 Å². The Morgan fingerprint density at radius 3 is 2.22 bits per heavy atom. The second-order valence-electron chi connectivity index (χ2n) is 6.87. The molecule has 0 unspecified atom stereocenters. The molecule has 9 heteroatoms. The molecule has 0 radical (unpaired) electrons. The van der Waals surface area contributed by atoms with E-state index in [0.717, 1.165) is 10.6 Å². The number of carbonyl (C=O) groups excluding carboxylic acids is 2. The first-order chi connectivity index (χ1) is 15.4. The Morgan fingerprint density at radius 1 is 0.938 bits per heavy atom. The highest BCUT2D eigenvalue weighted by Gasteiger charge is 2.12. The number of benzene rings is 2. The van der Waals surface area contributed by atoms with Crippen LogP contribution >= 0.6 is 0 Å². The Bertz CT molecular complexity index is 943. The van der Waals surface area contributed by atoms with E-state index in [4.69, 9.17) is 18.9 Å². The van der Waals surface area contributed by atoms with E-state index in [-0.39, 0.29) is 12.3 Å². The van der Waals surface area contributed by atoms with Crippen LogP contribution in [0.3, 0.4) is 0 Å². The van der Waals surface area contributed by atoms with Gasteiger partial charge in [0, 0.05) is 19.3 Å². The van der Waals surface area contributed by atoms with Crippen LogP contribution in [-0.4, -0.2) is 57.6 Å². The van der Waals surface area contributed by atoms with Gasteiger partial charge in [-0.2, -0.15) is 5.10 Å². The molecule has 0 aromatic heterocycles. The molecule has 2 aromatic carbocycles. The largest absolute Gasteiger partial charge is 0.497 e. The average molecular weight is 444 g/mol. The first kappa shape index (κ1) is 24.5. The van der Waals surface area contributed by atoms with Crippen LogP contribution in [0.15, 0.2) is 47.6 Å². The normalized spacial score (nSPS) is 10.8. The Labute approximate surface area is 187 Å². The van der Waals surface area contributed by atoms with Crippen LogP contribution in [-0.2, 0) is 11.2 Å². The van der Waals surface area contributed by atoms with Gasteiger partial charge in [0.25, 0.3) is 0 Å². The number of carbonyl (C=O) groups is 2. The number of hydrogen-bond donors (Lipinski definition) is 1. The third-order valence-corrected chi connectivity index (χ3v) is 4.45. The molecule has 0 saturated carbocycles. The summed E-state index contributed by atoms with van der Waals surface area (Å²) >= 11 is 0. The SMILES string of the molecule is COc1ccc(OC(=O)N(C)N=C(C)CC(=O)NCCc2ccc(OC)c(OC)c2)cc1. The highest BCUT2D eigenvalue weighted by atomic mass is 16.6. The van der Waals surface area contributed by atoms with Crippen molar-refractivity contribution >= 4 is 17.7 Å². The van der Waals surface area contributed by atoms with Crippen molar-refractivity contribution < 1.29 is 28.5 Å².